The predicted octanol–water partition coefficient (Wildman–Crippen LogP) is -1.10. The highest BCUT2D eigenvalue weighted by molar-refractivity contribution is 4.82. The molecule has 7 heteroatoms. The molecule has 7 nitrogen and oxygen atoms in total. The van der Waals surface area contributed by atoms with Gasteiger partial charge in [0.25, 0.3) is 0 Å². The Morgan fingerprint density at radius 3 is 1.25 bits per heavy atom. The van der Waals surface area contributed by atoms with Crippen LogP contribution in [0.3, 0.4) is 0 Å². The van der Waals surface area contributed by atoms with Crippen molar-refractivity contribution >= 4 is 0 Å². The van der Waals surface area contributed by atoms with Gasteiger partial charge in [-0.3, -0.25) is 4.90 Å². The van der Waals surface area contributed by atoms with E-state index in [1.165, 1.54) is 19.3 Å². The zero-order valence-electron chi connectivity index (χ0n) is 15.6. The molecule has 2 bridgehead atoms. The zero-order chi connectivity index (χ0) is 16.9. The lowest BCUT2D eigenvalue weighted by molar-refractivity contribution is 0.212. The number of rotatable bonds is 0. The number of nitrogens with one attached hydrogen (secondary N) is 6. The SMILES string of the molecule is CC12CNCCCNCN(CNCCCNC1)CNCCCNC2. The van der Waals surface area contributed by atoms with Gasteiger partial charge in [-0.05, 0) is 58.5 Å². The Kier molecular flexibility index (Phi) is 10.1. The minimum atomic E-state index is 0.263. The van der Waals surface area contributed by atoms with E-state index in [0.29, 0.717) is 0 Å². The van der Waals surface area contributed by atoms with E-state index in [0.717, 1.165) is 78.9 Å². The molecule has 0 radical (unpaired) electrons. The van der Waals surface area contributed by atoms with E-state index in [9.17, 15) is 0 Å². The van der Waals surface area contributed by atoms with Crippen LogP contribution in [0, 0.1) is 5.41 Å². The summed E-state index contributed by atoms with van der Waals surface area (Å²) in [5.41, 5.74) is 0.263. The Morgan fingerprint density at radius 1 is 0.542 bits per heavy atom. The van der Waals surface area contributed by atoms with Gasteiger partial charge in [0.15, 0.2) is 0 Å². The first kappa shape index (κ1) is 20.0. The van der Waals surface area contributed by atoms with Gasteiger partial charge < -0.3 is 31.9 Å². The molecule has 0 aromatic carbocycles. The van der Waals surface area contributed by atoms with Gasteiger partial charge in [0, 0.05) is 25.0 Å². The maximum atomic E-state index is 3.67. The Bertz CT molecular complexity index is 268. The van der Waals surface area contributed by atoms with E-state index >= 15 is 0 Å². The molecule has 0 atom stereocenters. The van der Waals surface area contributed by atoms with Crippen molar-refractivity contribution in [2.24, 2.45) is 5.41 Å². The average molecular weight is 342 g/mol. The van der Waals surface area contributed by atoms with Crippen LogP contribution in [0.15, 0.2) is 0 Å². The van der Waals surface area contributed by atoms with E-state index in [-0.39, 0.29) is 5.41 Å². The molecule has 0 spiro atoms. The number of nitrogens with zero attached hydrogens (tertiary/aromatic N) is 1. The summed E-state index contributed by atoms with van der Waals surface area (Å²) in [5.74, 6) is 0. The minimum absolute atomic E-state index is 0.263. The van der Waals surface area contributed by atoms with Crippen molar-refractivity contribution in [3.8, 4) is 0 Å². The first-order valence-electron chi connectivity index (χ1n) is 9.75. The topological polar surface area (TPSA) is 75.4 Å². The van der Waals surface area contributed by atoms with Gasteiger partial charge in [0.2, 0.25) is 0 Å². The summed E-state index contributed by atoms with van der Waals surface area (Å²) >= 11 is 0. The molecule has 3 aliphatic rings. The van der Waals surface area contributed by atoms with Gasteiger partial charge in [-0.15, -0.1) is 0 Å². The molecule has 3 fully saturated rings. The number of hydrogen-bond donors (Lipinski definition) is 6. The van der Waals surface area contributed by atoms with Crippen LogP contribution in [0.5, 0.6) is 0 Å². The summed E-state index contributed by atoms with van der Waals surface area (Å²) in [7, 11) is 0. The second-order valence-electron chi connectivity index (χ2n) is 7.55. The average Bonchev–Trinajstić information content (AvgIpc) is 2.56. The molecular formula is C17H39N7. The van der Waals surface area contributed by atoms with Crippen LogP contribution in [0.1, 0.15) is 26.2 Å². The molecule has 3 aliphatic heterocycles. The second-order valence-corrected chi connectivity index (χ2v) is 7.55. The Morgan fingerprint density at radius 2 is 0.875 bits per heavy atom. The molecule has 0 unspecified atom stereocenters. The number of fused-ring (bicyclic) bond motifs is 18. The fraction of sp³-hybridized carbons (Fsp3) is 1.00. The van der Waals surface area contributed by atoms with E-state index in [4.69, 9.17) is 0 Å². The highest BCUT2D eigenvalue weighted by Gasteiger charge is 2.23. The third kappa shape index (κ3) is 8.71. The van der Waals surface area contributed by atoms with Crippen molar-refractivity contribution < 1.29 is 0 Å². The molecule has 0 saturated carbocycles. The summed E-state index contributed by atoms with van der Waals surface area (Å²) in [6.45, 7) is 14.8. The number of hydrogen-bond acceptors (Lipinski definition) is 7. The molecule has 3 heterocycles. The molecule has 6 N–H and O–H groups in total. The lowest BCUT2D eigenvalue weighted by Crippen LogP contribution is -2.49. The molecule has 0 aliphatic carbocycles. The summed E-state index contributed by atoms with van der Waals surface area (Å²) in [6, 6.07) is 0. The smallest absolute Gasteiger partial charge is 0.0505 e. The highest BCUT2D eigenvalue weighted by atomic mass is 15.3. The standard InChI is InChI=1S/C17H39N7/c1-17-11-18-5-2-8-21-14-24(15-22-9-3-6-19-12-17)16-23-10-4-7-20-13-17/h18-23H,2-16H2,1H3. The van der Waals surface area contributed by atoms with Gasteiger partial charge in [-0.1, -0.05) is 6.92 Å². The molecule has 3 rings (SSSR count). The van der Waals surface area contributed by atoms with Crippen molar-refractivity contribution in [2.45, 2.75) is 26.2 Å². The predicted molar refractivity (Wildman–Crippen MR) is 101 cm³/mol. The van der Waals surface area contributed by atoms with Crippen LogP contribution in [0.2, 0.25) is 0 Å². The largest absolute Gasteiger partial charge is 0.316 e. The first-order valence-corrected chi connectivity index (χ1v) is 9.75. The summed E-state index contributed by atoms with van der Waals surface area (Å²) in [5, 5.41) is 21.7. The Hall–Kier alpha value is -0.280. The van der Waals surface area contributed by atoms with Crippen LogP contribution >= 0.6 is 0 Å². The molecule has 3 saturated heterocycles. The van der Waals surface area contributed by atoms with Gasteiger partial charge in [-0.2, -0.15) is 0 Å². The van der Waals surface area contributed by atoms with Gasteiger partial charge >= 0.3 is 0 Å². The van der Waals surface area contributed by atoms with Gasteiger partial charge in [0.05, 0.1) is 20.0 Å². The normalized spacial score (nSPS) is 33.6. The fourth-order valence-corrected chi connectivity index (χ4v) is 3.25. The lowest BCUT2D eigenvalue weighted by Gasteiger charge is -2.31. The van der Waals surface area contributed by atoms with Crippen LogP contribution in [-0.2, 0) is 0 Å². The molecule has 24 heavy (non-hydrogen) atoms. The summed E-state index contributed by atoms with van der Waals surface area (Å²) < 4.78 is 0. The third-order valence-corrected chi connectivity index (χ3v) is 4.78. The van der Waals surface area contributed by atoms with E-state index in [2.05, 4.69) is 43.7 Å². The molecular weight excluding hydrogens is 302 g/mol. The van der Waals surface area contributed by atoms with Crippen molar-refractivity contribution in [3.63, 3.8) is 0 Å². The van der Waals surface area contributed by atoms with Gasteiger partial charge in [0.1, 0.15) is 0 Å². The second kappa shape index (κ2) is 12.1. The van der Waals surface area contributed by atoms with Crippen molar-refractivity contribution in [3.05, 3.63) is 0 Å². The van der Waals surface area contributed by atoms with E-state index in [1.807, 2.05) is 0 Å². The minimum Gasteiger partial charge on any atom is -0.316 e. The first-order chi connectivity index (χ1) is 11.8. The van der Waals surface area contributed by atoms with E-state index in [1.54, 1.807) is 0 Å². The maximum absolute atomic E-state index is 3.67. The summed E-state index contributed by atoms with van der Waals surface area (Å²) in [4.78, 5) is 2.41. The maximum Gasteiger partial charge on any atom is 0.0505 e. The lowest BCUT2D eigenvalue weighted by atomic mass is 9.90. The van der Waals surface area contributed by atoms with Crippen LogP contribution < -0.4 is 31.9 Å². The monoisotopic (exact) mass is 341 g/mol. The van der Waals surface area contributed by atoms with Crippen LogP contribution in [-0.4, -0.2) is 83.8 Å². The van der Waals surface area contributed by atoms with Crippen LogP contribution in [0.4, 0.5) is 0 Å². The molecule has 0 aromatic heterocycles. The zero-order valence-corrected chi connectivity index (χ0v) is 15.6. The molecule has 0 amide bonds. The fourth-order valence-electron chi connectivity index (χ4n) is 3.25. The van der Waals surface area contributed by atoms with Crippen molar-refractivity contribution in [2.75, 3.05) is 78.9 Å². The quantitative estimate of drug-likeness (QED) is 0.334. The Labute approximate surface area is 148 Å². The van der Waals surface area contributed by atoms with Gasteiger partial charge in [-0.25, -0.2) is 0 Å². The third-order valence-electron chi connectivity index (χ3n) is 4.78. The van der Waals surface area contributed by atoms with Crippen LogP contribution in [0.25, 0.3) is 0 Å². The summed E-state index contributed by atoms with van der Waals surface area (Å²) in [6.07, 6.45) is 3.52. The Balaban J connectivity index is 1.95. The van der Waals surface area contributed by atoms with Crippen molar-refractivity contribution in [1.29, 1.82) is 0 Å². The van der Waals surface area contributed by atoms with E-state index < -0.39 is 0 Å². The molecule has 142 valence electrons. The molecule has 0 aromatic rings. The highest BCUT2D eigenvalue weighted by Crippen LogP contribution is 2.12. The van der Waals surface area contributed by atoms with Crippen molar-refractivity contribution in [1.82, 2.24) is 36.8 Å².